The first-order chi connectivity index (χ1) is 9.83. The van der Waals surface area contributed by atoms with Crippen molar-refractivity contribution in [2.24, 2.45) is 0 Å². The van der Waals surface area contributed by atoms with Gasteiger partial charge in [-0.05, 0) is 37.0 Å². The quantitative estimate of drug-likeness (QED) is 0.644. The third kappa shape index (κ3) is 3.42. The maximum absolute atomic E-state index is 12.5. The summed E-state index contributed by atoms with van der Waals surface area (Å²) in [4.78, 5) is 0. The molecular weight excluding hydrogens is 286 g/mol. The largest absolute Gasteiger partial charge is 0.618 e. The van der Waals surface area contributed by atoms with Crippen LogP contribution < -0.4 is 4.73 Å². The highest BCUT2D eigenvalue weighted by molar-refractivity contribution is 7.90. The highest BCUT2D eigenvalue weighted by Gasteiger charge is 2.25. The number of sulfone groups is 1. The van der Waals surface area contributed by atoms with Crippen molar-refractivity contribution >= 4 is 9.84 Å². The minimum absolute atomic E-state index is 0.157. The third-order valence-corrected chi connectivity index (χ3v) is 5.15. The van der Waals surface area contributed by atoms with Gasteiger partial charge in [0.1, 0.15) is 0 Å². The highest BCUT2D eigenvalue weighted by Crippen LogP contribution is 2.18. The molecule has 0 unspecified atom stereocenters. The SMILES string of the molecule is CCc1cc[n+]([O-])c(S(=O)(=O)Cc2cc(C)ccc2C)c1. The second kappa shape index (κ2) is 5.85. The number of rotatable bonds is 4. The Morgan fingerprint density at radius 1 is 1.14 bits per heavy atom. The smallest absolute Gasteiger partial charge is 0.309 e. The zero-order valence-corrected chi connectivity index (χ0v) is 13.3. The fourth-order valence-corrected chi connectivity index (χ4v) is 3.72. The number of hydrogen-bond acceptors (Lipinski definition) is 3. The van der Waals surface area contributed by atoms with E-state index in [1.165, 1.54) is 12.3 Å². The molecule has 21 heavy (non-hydrogen) atoms. The first-order valence-electron chi connectivity index (χ1n) is 6.84. The summed E-state index contributed by atoms with van der Waals surface area (Å²) in [5.41, 5.74) is 3.48. The average Bonchev–Trinajstić information content (AvgIpc) is 2.43. The Bertz CT molecular complexity index is 767. The Morgan fingerprint density at radius 2 is 1.86 bits per heavy atom. The van der Waals surface area contributed by atoms with E-state index in [4.69, 9.17) is 0 Å². The lowest BCUT2D eigenvalue weighted by Gasteiger charge is -2.09. The van der Waals surface area contributed by atoms with E-state index in [-0.39, 0.29) is 10.8 Å². The Labute approximate surface area is 125 Å². The van der Waals surface area contributed by atoms with Crippen LogP contribution in [-0.4, -0.2) is 8.42 Å². The molecule has 0 fully saturated rings. The lowest BCUT2D eigenvalue weighted by atomic mass is 10.1. The summed E-state index contributed by atoms with van der Waals surface area (Å²) in [6, 6.07) is 8.80. The zero-order chi connectivity index (χ0) is 15.6. The Hall–Kier alpha value is -1.88. The standard InChI is InChI=1S/C16H19NO3S/c1-4-14-7-8-17(18)16(10-14)21(19,20)11-15-9-12(2)5-6-13(15)3/h5-10H,4,11H2,1-3H3. The minimum atomic E-state index is -3.67. The Balaban J connectivity index is 2.45. The average molecular weight is 305 g/mol. The van der Waals surface area contributed by atoms with Crippen LogP contribution in [0.2, 0.25) is 0 Å². The Kier molecular flexibility index (Phi) is 4.32. The molecule has 1 aromatic carbocycles. The van der Waals surface area contributed by atoms with Crippen molar-refractivity contribution in [3.05, 3.63) is 64.0 Å². The van der Waals surface area contributed by atoms with Gasteiger partial charge in [-0.2, -0.15) is 4.73 Å². The summed E-state index contributed by atoms with van der Waals surface area (Å²) in [7, 11) is -3.67. The molecule has 0 bridgehead atoms. The first kappa shape index (κ1) is 15.5. The van der Waals surface area contributed by atoms with Gasteiger partial charge in [0.2, 0.25) is 9.84 Å². The fraction of sp³-hybridized carbons (Fsp3) is 0.312. The molecule has 2 rings (SSSR count). The number of pyridine rings is 1. The van der Waals surface area contributed by atoms with Crippen LogP contribution in [0.5, 0.6) is 0 Å². The lowest BCUT2D eigenvalue weighted by molar-refractivity contribution is -0.646. The molecule has 5 heteroatoms. The molecule has 0 amide bonds. The molecule has 1 aromatic heterocycles. The van der Waals surface area contributed by atoms with Crippen molar-refractivity contribution < 1.29 is 13.1 Å². The van der Waals surface area contributed by atoms with E-state index in [0.717, 1.165) is 22.3 Å². The topological polar surface area (TPSA) is 61.1 Å². The van der Waals surface area contributed by atoms with Crippen LogP contribution in [0.25, 0.3) is 0 Å². The number of aromatic nitrogens is 1. The predicted molar refractivity (Wildman–Crippen MR) is 81.6 cm³/mol. The molecule has 0 aliphatic carbocycles. The molecule has 0 aliphatic rings. The Morgan fingerprint density at radius 3 is 2.52 bits per heavy atom. The summed E-state index contributed by atoms with van der Waals surface area (Å²) in [6.07, 6.45) is 1.95. The number of hydrogen-bond donors (Lipinski definition) is 0. The van der Waals surface area contributed by atoms with Crippen LogP contribution in [0.15, 0.2) is 41.6 Å². The lowest BCUT2D eigenvalue weighted by Crippen LogP contribution is -2.34. The van der Waals surface area contributed by atoms with Gasteiger partial charge in [0.05, 0.1) is 5.75 Å². The van der Waals surface area contributed by atoms with Crippen LogP contribution in [0.1, 0.15) is 29.2 Å². The molecular formula is C16H19NO3S. The molecule has 0 N–H and O–H groups in total. The fourth-order valence-electron chi connectivity index (χ4n) is 2.19. The van der Waals surface area contributed by atoms with Crippen LogP contribution in [0, 0.1) is 19.1 Å². The van der Waals surface area contributed by atoms with Crippen molar-refractivity contribution in [3.8, 4) is 0 Å². The van der Waals surface area contributed by atoms with Crippen molar-refractivity contribution in [1.82, 2.24) is 0 Å². The number of nitrogens with zero attached hydrogens (tertiary/aromatic N) is 1. The maximum Gasteiger partial charge on any atom is 0.309 e. The summed E-state index contributed by atoms with van der Waals surface area (Å²) < 4.78 is 25.5. The third-order valence-electron chi connectivity index (χ3n) is 3.53. The molecule has 0 spiro atoms. The molecule has 0 saturated heterocycles. The maximum atomic E-state index is 12.5. The van der Waals surface area contributed by atoms with Crippen molar-refractivity contribution in [2.45, 2.75) is 38.0 Å². The van der Waals surface area contributed by atoms with Gasteiger partial charge >= 0.3 is 5.03 Å². The van der Waals surface area contributed by atoms with E-state index >= 15 is 0 Å². The van der Waals surface area contributed by atoms with Crippen LogP contribution in [0.3, 0.4) is 0 Å². The zero-order valence-electron chi connectivity index (χ0n) is 12.5. The summed E-state index contributed by atoms with van der Waals surface area (Å²) >= 11 is 0. The van der Waals surface area contributed by atoms with Gasteiger partial charge in [-0.1, -0.05) is 30.7 Å². The van der Waals surface area contributed by atoms with Crippen LogP contribution >= 0.6 is 0 Å². The van der Waals surface area contributed by atoms with E-state index in [1.807, 2.05) is 39.0 Å². The van der Waals surface area contributed by atoms with E-state index in [1.54, 1.807) is 6.07 Å². The second-order valence-electron chi connectivity index (χ2n) is 5.24. The number of benzene rings is 1. The summed E-state index contributed by atoms with van der Waals surface area (Å²) in [5, 5.41) is 11.6. The first-order valence-corrected chi connectivity index (χ1v) is 8.49. The monoisotopic (exact) mass is 305 g/mol. The normalized spacial score (nSPS) is 11.6. The van der Waals surface area contributed by atoms with Gasteiger partial charge < -0.3 is 5.21 Å². The van der Waals surface area contributed by atoms with E-state index in [0.29, 0.717) is 11.2 Å². The highest BCUT2D eigenvalue weighted by atomic mass is 32.2. The molecule has 4 nitrogen and oxygen atoms in total. The predicted octanol–water partition coefficient (Wildman–Crippen LogP) is 2.47. The molecule has 1 heterocycles. The molecule has 0 saturated carbocycles. The van der Waals surface area contributed by atoms with Crippen molar-refractivity contribution in [3.63, 3.8) is 0 Å². The van der Waals surface area contributed by atoms with E-state index < -0.39 is 9.84 Å². The van der Waals surface area contributed by atoms with E-state index in [9.17, 15) is 13.6 Å². The molecule has 2 aromatic rings. The van der Waals surface area contributed by atoms with Gasteiger partial charge in [-0.25, -0.2) is 8.42 Å². The van der Waals surface area contributed by atoms with E-state index in [2.05, 4.69) is 0 Å². The van der Waals surface area contributed by atoms with Gasteiger partial charge in [0.15, 0.2) is 6.20 Å². The van der Waals surface area contributed by atoms with Gasteiger partial charge in [0.25, 0.3) is 0 Å². The minimum Gasteiger partial charge on any atom is -0.618 e. The summed E-state index contributed by atoms with van der Waals surface area (Å²) in [5.74, 6) is -0.157. The molecule has 0 radical (unpaired) electrons. The number of aryl methyl sites for hydroxylation is 3. The molecule has 0 atom stereocenters. The van der Waals surface area contributed by atoms with Gasteiger partial charge in [-0.3, -0.25) is 0 Å². The van der Waals surface area contributed by atoms with Crippen LogP contribution in [-0.2, 0) is 22.0 Å². The molecule has 0 aliphatic heterocycles. The van der Waals surface area contributed by atoms with Crippen LogP contribution in [0.4, 0.5) is 0 Å². The molecule has 112 valence electrons. The van der Waals surface area contributed by atoms with Crippen molar-refractivity contribution in [1.29, 1.82) is 0 Å². The van der Waals surface area contributed by atoms with Gasteiger partial charge in [0, 0.05) is 12.1 Å². The second-order valence-corrected chi connectivity index (χ2v) is 7.18. The van der Waals surface area contributed by atoms with Crippen molar-refractivity contribution in [2.75, 3.05) is 0 Å². The summed E-state index contributed by atoms with van der Waals surface area (Å²) in [6.45, 7) is 5.71. The van der Waals surface area contributed by atoms with Gasteiger partial charge in [-0.15, -0.1) is 0 Å².